The molecule has 0 bridgehead atoms. The fourth-order valence-electron chi connectivity index (χ4n) is 2.83. The summed E-state index contributed by atoms with van der Waals surface area (Å²) in [7, 11) is 1.72. The van der Waals surface area contributed by atoms with Gasteiger partial charge >= 0.3 is 0 Å². The Balaban J connectivity index is 1.62. The minimum absolute atomic E-state index is 0.369. The number of hydrogen-bond donors (Lipinski definition) is 1. The van der Waals surface area contributed by atoms with Crippen LogP contribution in [0.3, 0.4) is 0 Å². The van der Waals surface area contributed by atoms with E-state index < -0.39 is 0 Å². The van der Waals surface area contributed by atoms with Crippen molar-refractivity contribution in [1.82, 2.24) is 5.32 Å². The largest absolute Gasteiger partial charge is 0.493 e. The van der Waals surface area contributed by atoms with Gasteiger partial charge in [-0.15, -0.1) is 0 Å². The molecule has 20 heavy (non-hydrogen) atoms. The molecule has 0 heterocycles. The Morgan fingerprint density at radius 3 is 2.55 bits per heavy atom. The first kappa shape index (κ1) is 13.7. The van der Waals surface area contributed by atoms with Crippen molar-refractivity contribution in [2.45, 2.75) is 63.6 Å². The standard InChI is InChI=1S/C17H25NO2/c1-19-17-11-13(12-18-14-8-9-14)7-10-16(17)20-15-5-3-2-4-6-15/h7,10-11,14-15,18H,2-6,8-9,12H2,1H3. The van der Waals surface area contributed by atoms with Crippen molar-refractivity contribution >= 4 is 0 Å². The van der Waals surface area contributed by atoms with Crippen LogP contribution in [0, 0.1) is 0 Å². The van der Waals surface area contributed by atoms with E-state index >= 15 is 0 Å². The van der Waals surface area contributed by atoms with E-state index in [1.807, 2.05) is 0 Å². The number of methoxy groups -OCH3 is 1. The molecule has 0 atom stereocenters. The highest BCUT2D eigenvalue weighted by Crippen LogP contribution is 2.32. The van der Waals surface area contributed by atoms with Crippen LogP contribution in [0.4, 0.5) is 0 Å². The maximum Gasteiger partial charge on any atom is 0.161 e. The van der Waals surface area contributed by atoms with Gasteiger partial charge in [-0.2, -0.15) is 0 Å². The van der Waals surface area contributed by atoms with Crippen LogP contribution in [-0.4, -0.2) is 19.3 Å². The smallest absolute Gasteiger partial charge is 0.161 e. The van der Waals surface area contributed by atoms with Crippen LogP contribution in [0.5, 0.6) is 11.5 Å². The van der Waals surface area contributed by atoms with Gasteiger partial charge in [0.2, 0.25) is 0 Å². The molecule has 2 fully saturated rings. The molecule has 0 aromatic heterocycles. The predicted octanol–water partition coefficient (Wildman–Crippen LogP) is 3.66. The van der Waals surface area contributed by atoms with E-state index in [1.165, 1.54) is 50.5 Å². The second kappa shape index (κ2) is 6.49. The zero-order chi connectivity index (χ0) is 13.8. The third-order valence-electron chi connectivity index (χ3n) is 4.25. The highest BCUT2D eigenvalue weighted by Gasteiger charge is 2.20. The first-order valence-electron chi connectivity index (χ1n) is 7.92. The number of rotatable bonds is 6. The van der Waals surface area contributed by atoms with Crippen LogP contribution in [0.25, 0.3) is 0 Å². The molecule has 0 unspecified atom stereocenters. The van der Waals surface area contributed by atoms with E-state index in [9.17, 15) is 0 Å². The maximum absolute atomic E-state index is 6.12. The van der Waals surface area contributed by atoms with Crippen molar-refractivity contribution in [2.75, 3.05) is 7.11 Å². The van der Waals surface area contributed by atoms with E-state index in [1.54, 1.807) is 7.11 Å². The van der Waals surface area contributed by atoms with E-state index in [0.29, 0.717) is 6.10 Å². The van der Waals surface area contributed by atoms with Crippen molar-refractivity contribution in [1.29, 1.82) is 0 Å². The molecular weight excluding hydrogens is 250 g/mol. The molecule has 0 saturated heterocycles. The van der Waals surface area contributed by atoms with Gasteiger partial charge in [-0.05, 0) is 56.2 Å². The lowest BCUT2D eigenvalue weighted by molar-refractivity contribution is 0.149. The molecule has 3 rings (SSSR count). The van der Waals surface area contributed by atoms with Gasteiger partial charge in [0.25, 0.3) is 0 Å². The van der Waals surface area contributed by atoms with Gasteiger partial charge in [-0.1, -0.05) is 12.5 Å². The molecule has 2 aliphatic rings. The van der Waals surface area contributed by atoms with Crippen molar-refractivity contribution in [3.63, 3.8) is 0 Å². The fourth-order valence-corrected chi connectivity index (χ4v) is 2.83. The summed E-state index contributed by atoms with van der Waals surface area (Å²) in [6.45, 7) is 0.921. The lowest BCUT2D eigenvalue weighted by Crippen LogP contribution is -2.20. The Bertz CT molecular complexity index is 437. The molecule has 0 aliphatic heterocycles. The summed E-state index contributed by atoms with van der Waals surface area (Å²) in [6.07, 6.45) is 9.28. The lowest BCUT2D eigenvalue weighted by Gasteiger charge is -2.24. The Kier molecular flexibility index (Phi) is 4.46. The number of hydrogen-bond acceptors (Lipinski definition) is 3. The van der Waals surface area contributed by atoms with Gasteiger partial charge in [0, 0.05) is 12.6 Å². The summed E-state index contributed by atoms with van der Waals surface area (Å²) in [5, 5.41) is 3.53. The monoisotopic (exact) mass is 275 g/mol. The summed E-state index contributed by atoms with van der Waals surface area (Å²) in [5.41, 5.74) is 1.27. The minimum atomic E-state index is 0.369. The number of ether oxygens (including phenoxy) is 2. The summed E-state index contributed by atoms with van der Waals surface area (Å²) >= 11 is 0. The Labute approximate surface area is 121 Å². The van der Waals surface area contributed by atoms with Crippen molar-refractivity contribution < 1.29 is 9.47 Å². The van der Waals surface area contributed by atoms with Gasteiger partial charge < -0.3 is 14.8 Å². The number of benzene rings is 1. The van der Waals surface area contributed by atoms with Gasteiger partial charge in [-0.3, -0.25) is 0 Å². The van der Waals surface area contributed by atoms with Gasteiger partial charge in [-0.25, -0.2) is 0 Å². The van der Waals surface area contributed by atoms with Crippen LogP contribution in [-0.2, 0) is 6.54 Å². The maximum atomic E-state index is 6.12. The third kappa shape index (κ3) is 3.66. The van der Waals surface area contributed by atoms with Crippen LogP contribution in [0.2, 0.25) is 0 Å². The third-order valence-corrected chi connectivity index (χ3v) is 4.25. The quantitative estimate of drug-likeness (QED) is 0.859. The molecule has 0 radical (unpaired) electrons. The van der Waals surface area contributed by atoms with Crippen molar-refractivity contribution in [2.24, 2.45) is 0 Å². The molecule has 3 heteroatoms. The normalized spacial score (nSPS) is 19.9. The molecule has 3 nitrogen and oxygen atoms in total. The average Bonchev–Trinajstić information content (AvgIpc) is 3.31. The molecule has 2 aliphatic carbocycles. The molecule has 2 saturated carbocycles. The number of nitrogens with one attached hydrogen (secondary N) is 1. The van der Waals surface area contributed by atoms with Crippen LogP contribution < -0.4 is 14.8 Å². The SMILES string of the molecule is COc1cc(CNC2CC2)ccc1OC1CCCCC1. The van der Waals surface area contributed by atoms with E-state index in [-0.39, 0.29) is 0 Å². The summed E-state index contributed by atoms with van der Waals surface area (Å²) < 4.78 is 11.6. The highest BCUT2D eigenvalue weighted by atomic mass is 16.5. The predicted molar refractivity (Wildman–Crippen MR) is 80.4 cm³/mol. The molecule has 110 valence electrons. The minimum Gasteiger partial charge on any atom is -0.493 e. The van der Waals surface area contributed by atoms with Crippen molar-refractivity contribution in [3.05, 3.63) is 23.8 Å². The van der Waals surface area contributed by atoms with E-state index in [0.717, 1.165) is 24.1 Å². The highest BCUT2D eigenvalue weighted by molar-refractivity contribution is 5.43. The second-order valence-electron chi connectivity index (χ2n) is 6.02. The topological polar surface area (TPSA) is 30.5 Å². The Morgan fingerprint density at radius 2 is 1.85 bits per heavy atom. The fraction of sp³-hybridized carbons (Fsp3) is 0.647. The first-order chi connectivity index (χ1) is 9.85. The van der Waals surface area contributed by atoms with Gasteiger partial charge in [0.15, 0.2) is 11.5 Å². The Morgan fingerprint density at radius 1 is 1.05 bits per heavy atom. The van der Waals surface area contributed by atoms with Crippen LogP contribution in [0.1, 0.15) is 50.5 Å². The molecule has 0 spiro atoms. The molecule has 1 aromatic rings. The summed E-state index contributed by atoms with van der Waals surface area (Å²) in [6, 6.07) is 7.06. The molecule has 0 amide bonds. The Hall–Kier alpha value is -1.22. The zero-order valence-corrected chi connectivity index (χ0v) is 12.4. The van der Waals surface area contributed by atoms with Gasteiger partial charge in [0.05, 0.1) is 13.2 Å². The molecular formula is C17H25NO2. The van der Waals surface area contributed by atoms with E-state index in [4.69, 9.17) is 9.47 Å². The summed E-state index contributed by atoms with van der Waals surface area (Å²) in [4.78, 5) is 0. The summed E-state index contributed by atoms with van der Waals surface area (Å²) in [5.74, 6) is 1.76. The lowest BCUT2D eigenvalue weighted by atomic mass is 9.98. The second-order valence-corrected chi connectivity index (χ2v) is 6.02. The first-order valence-corrected chi connectivity index (χ1v) is 7.92. The van der Waals surface area contributed by atoms with Crippen LogP contribution >= 0.6 is 0 Å². The van der Waals surface area contributed by atoms with Crippen LogP contribution in [0.15, 0.2) is 18.2 Å². The molecule has 1 N–H and O–H groups in total. The van der Waals surface area contributed by atoms with Gasteiger partial charge in [0.1, 0.15) is 0 Å². The molecule has 1 aromatic carbocycles. The average molecular weight is 275 g/mol. The zero-order valence-electron chi connectivity index (χ0n) is 12.4. The van der Waals surface area contributed by atoms with Crippen molar-refractivity contribution in [3.8, 4) is 11.5 Å². The van der Waals surface area contributed by atoms with E-state index in [2.05, 4.69) is 23.5 Å².